The van der Waals surface area contributed by atoms with Crippen LogP contribution in [0.1, 0.15) is 30.1 Å². The summed E-state index contributed by atoms with van der Waals surface area (Å²) >= 11 is 0. The Balaban J connectivity index is 2.06. The SMILES string of the molecule is Cc1nc(CN2CCCC(S(=O)(=O)N(C)C)C2)c(C)[nH]1. The van der Waals surface area contributed by atoms with Gasteiger partial charge in [0.1, 0.15) is 5.82 Å². The number of imidazole rings is 1. The Kier molecular flexibility index (Phi) is 4.51. The van der Waals surface area contributed by atoms with Crippen LogP contribution in [0.3, 0.4) is 0 Å². The summed E-state index contributed by atoms with van der Waals surface area (Å²) in [6.45, 7) is 6.19. The van der Waals surface area contributed by atoms with E-state index in [2.05, 4.69) is 14.9 Å². The van der Waals surface area contributed by atoms with Crippen LogP contribution in [-0.4, -0.2) is 60.0 Å². The number of rotatable bonds is 4. The Bertz CT molecular complexity index is 565. The number of piperidine rings is 1. The number of aromatic amines is 1. The largest absolute Gasteiger partial charge is 0.346 e. The number of hydrogen-bond acceptors (Lipinski definition) is 4. The molecule has 0 bridgehead atoms. The minimum Gasteiger partial charge on any atom is -0.346 e. The highest BCUT2D eigenvalue weighted by atomic mass is 32.2. The third-order valence-corrected chi connectivity index (χ3v) is 6.11. The van der Waals surface area contributed by atoms with E-state index in [1.54, 1.807) is 14.1 Å². The second-order valence-corrected chi connectivity index (χ2v) is 8.15. The maximum Gasteiger partial charge on any atom is 0.217 e. The monoisotopic (exact) mass is 300 g/mol. The van der Waals surface area contributed by atoms with Gasteiger partial charge >= 0.3 is 0 Å². The van der Waals surface area contributed by atoms with Crippen LogP contribution in [0.4, 0.5) is 0 Å². The maximum atomic E-state index is 12.2. The van der Waals surface area contributed by atoms with E-state index in [-0.39, 0.29) is 5.25 Å². The Labute approximate surface area is 121 Å². The van der Waals surface area contributed by atoms with Gasteiger partial charge in [0.15, 0.2) is 0 Å². The first-order valence-corrected chi connectivity index (χ1v) is 8.47. The van der Waals surface area contributed by atoms with Crippen LogP contribution in [0.15, 0.2) is 0 Å². The zero-order chi connectivity index (χ0) is 14.9. The van der Waals surface area contributed by atoms with Crippen LogP contribution >= 0.6 is 0 Å². The summed E-state index contributed by atoms with van der Waals surface area (Å²) in [5, 5.41) is -0.299. The minimum atomic E-state index is -3.17. The van der Waals surface area contributed by atoms with Gasteiger partial charge in [-0.05, 0) is 33.2 Å². The van der Waals surface area contributed by atoms with E-state index < -0.39 is 10.0 Å². The quantitative estimate of drug-likeness (QED) is 0.896. The molecule has 0 aromatic carbocycles. The molecule has 1 N–H and O–H groups in total. The van der Waals surface area contributed by atoms with Crippen LogP contribution in [0.5, 0.6) is 0 Å². The molecule has 1 unspecified atom stereocenters. The van der Waals surface area contributed by atoms with Gasteiger partial charge in [-0.1, -0.05) is 0 Å². The summed E-state index contributed by atoms with van der Waals surface area (Å²) in [6, 6.07) is 0. The van der Waals surface area contributed by atoms with Crippen molar-refractivity contribution in [2.75, 3.05) is 27.2 Å². The fourth-order valence-corrected chi connectivity index (χ4v) is 4.18. The zero-order valence-electron chi connectivity index (χ0n) is 12.7. The highest BCUT2D eigenvalue weighted by Gasteiger charge is 2.32. The van der Waals surface area contributed by atoms with Crippen LogP contribution in [0, 0.1) is 13.8 Å². The summed E-state index contributed by atoms with van der Waals surface area (Å²) in [5.41, 5.74) is 2.09. The van der Waals surface area contributed by atoms with Crippen molar-refractivity contribution in [1.29, 1.82) is 0 Å². The lowest BCUT2D eigenvalue weighted by Crippen LogP contribution is -2.45. The van der Waals surface area contributed by atoms with Crippen LogP contribution in [0.2, 0.25) is 0 Å². The molecule has 1 fully saturated rings. The predicted molar refractivity (Wildman–Crippen MR) is 79.0 cm³/mol. The molecule has 1 aromatic rings. The van der Waals surface area contributed by atoms with Gasteiger partial charge in [0.2, 0.25) is 10.0 Å². The second-order valence-electron chi connectivity index (χ2n) is 5.72. The molecule has 7 heteroatoms. The number of aromatic nitrogens is 2. The molecule has 1 saturated heterocycles. The molecule has 1 aromatic heterocycles. The first-order chi connectivity index (χ1) is 9.30. The van der Waals surface area contributed by atoms with Gasteiger partial charge in [0.05, 0.1) is 10.9 Å². The average molecular weight is 300 g/mol. The first kappa shape index (κ1) is 15.5. The molecule has 0 saturated carbocycles. The highest BCUT2D eigenvalue weighted by Crippen LogP contribution is 2.21. The van der Waals surface area contributed by atoms with Crippen LogP contribution in [-0.2, 0) is 16.6 Å². The number of likely N-dealkylation sites (tertiary alicyclic amines) is 1. The molecule has 0 radical (unpaired) electrons. The number of nitrogens with zero attached hydrogens (tertiary/aromatic N) is 3. The number of nitrogens with one attached hydrogen (secondary N) is 1. The molecule has 0 spiro atoms. The van der Waals surface area contributed by atoms with Gasteiger partial charge in [-0.2, -0.15) is 0 Å². The smallest absolute Gasteiger partial charge is 0.217 e. The summed E-state index contributed by atoms with van der Waals surface area (Å²) in [6.07, 6.45) is 1.66. The lowest BCUT2D eigenvalue weighted by molar-refractivity contribution is 0.217. The van der Waals surface area contributed by atoms with E-state index in [0.29, 0.717) is 6.54 Å². The van der Waals surface area contributed by atoms with Crippen molar-refractivity contribution in [2.24, 2.45) is 0 Å². The minimum absolute atomic E-state index is 0.299. The number of H-pyrrole nitrogens is 1. The standard InChI is InChI=1S/C13H24N4O2S/c1-10-13(15-11(2)14-10)9-17-7-5-6-12(8-17)20(18,19)16(3)4/h12H,5-9H2,1-4H3,(H,14,15). The lowest BCUT2D eigenvalue weighted by atomic mass is 10.1. The fourth-order valence-electron chi connectivity index (χ4n) is 2.72. The van der Waals surface area contributed by atoms with Crippen molar-refractivity contribution in [1.82, 2.24) is 19.2 Å². The zero-order valence-corrected chi connectivity index (χ0v) is 13.5. The Morgan fingerprint density at radius 3 is 2.65 bits per heavy atom. The second kappa shape index (κ2) is 5.83. The number of sulfonamides is 1. The van der Waals surface area contributed by atoms with Crippen molar-refractivity contribution in [3.05, 3.63) is 17.2 Å². The third kappa shape index (κ3) is 3.21. The summed E-state index contributed by atoms with van der Waals surface area (Å²) < 4.78 is 25.8. The molecule has 6 nitrogen and oxygen atoms in total. The molecule has 0 aliphatic carbocycles. The van der Waals surface area contributed by atoms with Crippen molar-refractivity contribution in [2.45, 2.75) is 38.5 Å². The van der Waals surface area contributed by atoms with Gasteiger partial charge in [0.25, 0.3) is 0 Å². The first-order valence-electron chi connectivity index (χ1n) is 6.96. The van der Waals surface area contributed by atoms with E-state index in [0.717, 1.165) is 43.1 Å². The predicted octanol–water partition coefficient (Wildman–Crippen LogP) is 0.882. The molecule has 0 amide bonds. The molecular formula is C13H24N4O2S. The van der Waals surface area contributed by atoms with E-state index in [9.17, 15) is 8.42 Å². The van der Waals surface area contributed by atoms with Crippen molar-refractivity contribution in [3.63, 3.8) is 0 Å². The third-order valence-electron chi connectivity index (χ3n) is 3.87. The molecule has 1 atom stereocenters. The lowest BCUT2D eigenvalue weighted by Gasteiger charge is -2.33. The van der Waals surface area contributed by atoms with Crippen LogP contribution in [0.25, 0.3) is 0 Å². The van der Waals surface area contributed by atoms with Gasteiger partial charge in [-0.3, -0.25) is 4.90 Å². The molecule has 2 rings (SSSR count). The van der Waals surface area contributed by atoms with Crippen molar-refractivity contribution < 1.29 is 8.42 Å². The summed E-state index contributed by atoms with van der Waals surface area (Å²) in [4.78, 5) is 9.85. The molecule has 114 valence electrons. The van der Waals surface area contributed by atoms with E-state index in [1.165, 1.54) is 4.31 Å². The topological polar surface area (TPSA) is 69.3 Å². The maximum absolute atomic E-state index is 12.2. The normalized spacial score (nSPS) is 21.6. The Hall–Kier alpha value is -0.920. The Morgan fingerprint density at radius 2 is 2.10 bits per heavy atom. The van der Waals surface area contributed by atoms with Crippen molar-refractivity contribution in [3.8, 4) is 0 Å². The van der Waals surface area contributed by atoms with Gasteiger partial charge in [0, 0.05) is 32.9 Å². The number of aryl methyl sites for hydroxylation is 2. The molecule has 1 aliphatic heterocycles. The molecular weight excluding hydrogens is 276 g/mol. The van der Waals surface area contributed by atoms with E-state index in [4.69, 9.17) is 0 Å². The average Bonchev–Trinajstić information content (AvgIpc) is 2.68. The van der Waals surface area contributed by atoms with Crippen molar-refractivity contribution >= 4 is 10.0 Å². The molecule has 20 heavy (non-hydrogen) atoms. The van der Waals surface area contributed by atoms with Gasteiger partial charge < -0.3 is 4.98 Å². The highest BCUT2D eigenvalue weighted by molar-refractivity contribution is 7.89. The van der Waals surface area contributed by atoms with E-state index in [1.807, 2.05) is 13.8 Å². The van der Waals surface area contributed by atoms with Crippen LogP contribution < -0.4 is 0 Å². The Morgan fingerprint density at radius 1 is 1.40 bits per heavy atom. The summed E-state index contributed by atoms with van der Waals surface area (Å²) in [7, 11) is 0.0467. The number of hydrogen-bond donors (Lipinski definition) is 1. The van der Waals surface area contributed by atoms with Gasteiger partial charge in [-0.25, -0.2) is 17.7 Å². The van der Waals surface area contributed by atoms with E-state index >= 15 is 0 Å². The fraction of sp³-hybridized carbons (Fsp3) is 0.769. The van der Waals surface area contributed by atoms with Gasteiger partial charge in [-0.15, -0.1) is 0 Å². The molecule has 1 aliphatic rings. The summed E-state index contributed by atoms with van der Waals surface area (Å²) in [5.74, 6) is 0.909. The molecule has 2 heterocycles.